The Bertz CT molecular complexity index is 686. The van der Waals surface area contributed by atoms with Crippen molar-refractivity contribution >= 4 is 11.8 Å². The topological polar surface area (TPSA) is 68.8 Å². The van der Waals surface area contributed by atoms with Crippen LogP contribution < -0.4 is 10.2 Å². The minimum Gasteiger partial charge on any atom is -0.364 e. The van der Waals surface area contributed by atoms with Crippen LogP contribution in [0.3, 0.4) is 0 Å². The highest BCUT2D eigenvalue weighted by molar-refractivity contribution is 5.90. The van der Waals surface area contributed by atoms with Gasteiger partial charge in [-0.3, -0.25) is 10.1 Å². The first-order chi connectivity index (χ1) is 11.5. The summed E-state index contributed by atoms with van der Waals surface area (Å²) in [6.07, 6.45) is 0.352. The van der Waals surface area contributed by atoms with Gasteiger partial charge in [0.15, 0.2) is 6.54 Å². The van der Waals surface area contributed by atoms with Gasteiger partial charge >= 0.3 is 0 Å². The molecule has 1 aliphatic heterocycles. The van der Waals surface area contributed by atoms with Gasteiger partial charge in [-0.15, -0.1) is 0 Å². The molecule has 1 aromatic carbocycles. The number of rotatable bonds is 4. The van der Waals surface area contributed by atoms with Gasteiger partial charge in [-0.1, -0.05) is 35.0 Å². The van der Waals surface area contributed by atoms with Crippen LogP contribution in [-0.4, -0.2) is 42.9 Å². The Hall–Kier alpha value is -2.18. The van der Waals surface area contributed by atoms with E-state index in [4.69, 9.17) is 9.26 Å². The lowest BCUT2D eigenvalue weighted by Crippen LogP contribution is -3.16. The molecule has 6 nitrogen and oxygen atoms in total. The number of anilines is 1. The Morgan fingerprint density at radius 1 is 1.25 bits per heavy atom. The van der Waals surface area contributed by atoms with Gasteiger partial charge in [-0.2, -0.15) is 0 Å². The lowest BCUT2D eigenvalue weighted by atomic mass is 10.1. The fourth-order valence-electron chi connectivity index (χ4n) is 3.14. The third kappa shape index (κ3) is 4.21. The van der Waals surface area contributed by atoms with Crippen LogP contribution in [0, 0.1) is 6.92 Å². The number of benzene rings is 1. The molecule has 0 radical (unpaired) electrons. The number of nitrogens with zero attached hydrogens (tertiary/aromatic N) is 1. The molecule has 0 spiro atoms. The number of carbonyl (C=O) groups excluding carboxylic acids is 1. The summed E-state index contributed by atoms with van der Waals surface area (Å²) >= 11 is 0. The summed E-state index contributed by atoms with van der Waals surface area (Å²) in [6, 6.07) is 9.76. The van der Waals surface area contributed by atoms with E-state index in [9.17, 15) is 4.79 Å². The highest BCUT2D eigenvalue weighted by Gasteiger charge is 2.27. The minimum atomic E-state index is -0.0714. The van der Waals surface area contributed by atoms with Crippen molar-refractivity contribution in [2.45, 2.75) is 33.0 Å². The maximum Gasteiger partial charge on any atom is 0.281 e. The largest absolute Gasteiger partial charge is 0.364 e. The predicted octanol–water partition coefficient (Wildman–Crippen LogP) is 1.28. The molecular weight excluding hydrogens is 306 g/mol. The van der Waals surface area contributed by atoms with E-state index in [0.29, 0.717) is 18.1 Å². The summed E-state index contributed by atoms with van der Waals surface area (Å²) in [6.45, 7) is 8.19. The fourth-order valence-corrected chi connectivity index (χ4v) is 3.14. The van der Waals surface area contributed by atoms with Crippen molar-refractivity contribution in [2.75, 3.05) is 25.0 Å². The average Bonchev–Trinajstić information content (AvgIpc) is 2.95. The van der Waals surface area contributed by atoms with Gasteiger partial charge in [0, 0.05) is 11.6 Å². The first-order valence-electron chi connectivity index (χ1n) is 8.32. The van der Waals surface area contributed by atoms with Crippen LogP contribution in [0.5, 0.6) is 0 Å². The van der Waals surface area contributed by atoms with Gasteiger partial charge in [0.05, 0.1) is 0 Å². The maximum atomic E-state index is 12.2. The standard InChI is InChI=1S/C18H23N3O3/c1-12-4-6-15(7-5-12)16-8-18(24-20-16)19-17(22)11-21-9-13(2)23-14(3)10-21/h4-8,13-14H,9-11H2,1-3H3,(H,19,22)/p+1/t13-,14-/m1/s1. The highest BCUT2D eigenvalue weighted by atomic mass is 16.5. The molecule has 1 amide bonds. The molecule has 1 fully saturated rings. The first kappa shape index (κ1) is 16.7. The number of hydrogen-bond donors (Lipinski definition) is 2. The molecule has 1 aromatic heterocycles. The smallest absolute Gasteiger partial charge is 0.281 e. The number of ether oxygens (including phenoxy) is 1. The number of quaternary nitrogens is 1. The minimum absolute atomic E-state index is 0.0714. The van der Waals surface area contributed by atoms with Crippen molar-refractivity contribution in [3.05, 3.63) is 35.9 Å². The molecule has 2 heterocycles. The zero-order chi connectivity index (χ0) is 17.1. The molecule has 0 saturated carbocycles. The molecule has 0 aliphatic carbocycles. The van der Waals surface area contributed by atoms with Gasteiger partial charge in [-0.25, -0.2) is 0 Å². The summed E-state index contributed by atoms with van der Waals surface area (Å²) in [4.78, 5) is 13.4. The normalized spacial score (nSPS) is 23.9. The van der Waals surface area contributed by atoms with E-state index in [1.54, 1.807) is 6.07 Å². The quantitative estimate of drug-likeness (QED) is 0.886. The maximum absolute atomic E-state index is 12.2. The van der Waals surface area contributed by atoms with Crippen LogP contribution in [0.15, 0.2) is 34.9 Å². The number of morpholine rings is 1. The van der Waals surface area contributed by atoms with E-state index in [0.717, 1.165) is 18.7 Å². The number of hydrogen-bond acceptors (Lipinski definition) is 4. The summed E-state index contributed by atoms with van der Waals surface area (Å²) in [5, 5.41) is 6.81. The molecule has 1 saturated heterocycles. The zero-order valence-electron chi connectivity index (χ0n) is 14.3. The van der Waals surface area contributed by atoms with Crippen LogP contribution >= 0.6 is 0 Å². The van der Waals surface area contributed by atoms with Crippen LogP contribution in [0.2, 0.25) is 0 Å². The van der Waals surface area contributed by atoms with Crippen molar-refractivity contribution in [1.82, 2.24) is 5.16 Å². The molecule has 3 rings (SSSR count). The van der Waals surface area contributed by atoms with Crippen LogP contribution in [0.4, 0.5) is 5.88 Å². The summed E-state index contributed by atoms with van der Waals surface area (Å²) in [5.74, 6) is 0.308. The van der Waals surface area contributed by atoms with E-state index < -0.39 is 0 Å². The third-order valence-electron chi connectivity index (χ3n) is 4.15. The van der Waals surface area contributed by atoms with Gasteiger partial charge in [0.25, 0.3) is 5.91 Å². The fraction of sp³-hybridized carbons (Fsp3) is 0.444. The van der Waals surface area contributed by atoms with Gasteiger partial charge in [-0.05, 0) is 20.8 Å². The second-order valence-electron chi connectivity index (χ2n) is 6.58. The second-order valence-corrected chi connectivity index (χ2v) is 6.58. The molecule has 2 aromatic rings. The number of nitrogens with one attached hydrogen (secondary N) is 2. The van der Waals surface area contributed by atoms with E-state index in [2.05, 4.69) is 10.5 Å². The lowest BCUT2D eigenvalue weighted by Gasteiger charge is -2.31. The van der Waals surface area contributed by atoms with Gasteiger partial charge in [0.2, 0.25) is 5.88 Å². The molecule has 24 heavy (non-hydrogen) atoms. The Morgan fingerprint density at radius 3 is 2.58 bits per heavy atom. The average molecular weight is 330 g/mol. The molecule has 0 bridgehead atoms. The molecule has 2 N–H and O–H groups in total. The van der Waals surface area contributed by atoms with Crippen molar-refractivity contribution in [3.63, 3.8) is 0 Å². The molecule has 128 valence electrons. The first-order valence-corrected chi connectivity index (χ1v) is 8.32. The zero-order valence-corrected chi connectivity index (χ0v) is 14.3. The summed E-state index contributed by atoms with van der Waals surface area (Å²) in [5.41, 5.74) is 2.87. The lowest BCUT2D eigenvalue weighted by molar-refractivity contribution is -0.907. The number of aryl methyl sites for hydroxylation is 1. The summed E-state index contributed by atoms with van der Waals surface area (Å²) in [7, 11) is 0. The van der Waals surface area contributed by atoms with Crippen molar-refractivity contribution < 1.29 is 19.0 Å². The molecule has 1 aliphatic rings. The highest BCUT2D eigenvalue weighted by Crippen LogP contribution is 2.21. The molecule has 6 heteroatoms. The van der Waals surface area contributed by atoms with E-state index in [-0.39, 0.29) is 18.1 Å². The Labute approximate surface area is 141 Å². The monoisotopic (exact) mass is 330 g/mol. The van der Waals surface area contributed by atoms with Crippen LogP contribution in [0.1, 0.15) is 19.4 Å². The van der Waals surface area contributed by atoms with Crippen molar-refractivity contribution in [3.8, 4) is 11.3 Å². The van der Waals surface area contributed by atoms with E-state index in [1.807, 2.05) is 45.0 Å². The van der Waals surface area contributed by atoms with Gasteiger partial charge < -0.3 is 14.2 Å². The van der Waals surface area contributed by atoms with Crippen molar-refractivity contribution in [2.24, 2.45) is 0 Å². The van der Waals surface area contributed by atoms with Crippen LogP contribution in [-0.2, 0) is 9.53 Å². The Kier molecular flexibility index (Phi) is 4.97. The van der Waals surface area contributed by atoms with Crippen LogP contribution in [0.25, 0.3) is 11.3 Å². The number of carbonyl (C=O) groups is 1. The second kappa shape index (κ2) is 7.15. The Morgan fingerprint density at radius 2 is 1.92 bits per heavy atom. The summed E-state index contributed by atoms with van der Waals surface area (Å²) < 4.78 is 10.9. The molecule has 0 unspecified atom stereocenters. The Balaban J connectivity index is 1.58. The van der Waals surface area contributed by atoms with Gasteiger partial charge in [0.1, 0.15) is 31.0 Å². The van der Waals surface area contributed by atoms with E-state index in [1.165, 1.54) is 10.5 Å². The number of aromatic nitrogens is 1. The molecular formula is C18H24N3O3+. The third-order valence-corrected chi connectivity index (χ3v) is 4.15. The number of amides is 1. The predicted molar refractivity (Wildman–Crippen MR) is 90.9 cm³/mol. The molecule has 2 atom stereocenters. The van der Waals surface area contributed by atoms with E-state index >= 15 is 0 Å². The van der Waals surface area contributed by atoms with Crippen molar-refractivity contribution in [1.29, 1.82) is 0 Å². The SMILES string of the molecule is Cc1ccc(-c2cc(NC(=O)C[NH+]3C[C@@H](C)O[C@H](C)C3)on2)cc1.